The first kappa shape index (κ1) is 9.43. The van der Waals surface area contributed by atoms with Crippen molar-refractivity contribution in [3.05, 3.63) is 0 Å². The summed E-state index contributed by atoms with van der Waals surface area (Å²) in [5.74, 6) is 0. The number of nitrogens with zero attached hydrogens (tertiary/aromatic N) is 1. The lowest BCUT2D eigenvalue weighted by atomic mass is 10.3. The molecule has 1 atom stereocenters. The summed E-state index contributed by atoms with van der Waals surface area (Å²) in [6.07, 6.45) is 1.73. The van der Waals surface area contributed by atoms with Gasteiger partial charge in [0.15, 0.2) is 0 Å². The normalized spacial score (nSPS) is 31.9. The molecule has 4 nitrogen and oxygen atoms in total. The van der Waals surface area contributed by atoms with Crippen molar-refractivity contribution in [1.29, 1.82) is 0 Å². The fraction of sp³-hybridized carbons (Fsp3) is 1.00. The molecule has 1 aliphatic heterocycles. The van der Waals surface area contributed by atoms with Crippen LogP contribution in [-0.2, 0) is 14.8 Å². The van der Waals surface area contributed by atoms with E-state index in [1.165, 1.54) is 0 Å². The zero-order valence-corrected chi connectivity index (χ0v) is 8.59. The van der Waals surface area contributed by atoms with Crippen LogP contribution in [0, 0.1) is 0 Å². The third-order valence-corrected chi connectivity index (χ3v) is 4.87. The van der Waals surface area contributed by atoms with E-state index in [1.54, 1.807) is 4.31 Å². The third-order valence-electron chi connectivity index (χ3n) is 2.51. The molecule has 0 N–H and O–H groups in total. The van der Waals surface area contributed by atoms with Crippen molar-refractivity contribution in [2.75, 3.05) is 19.7 Å². The predicted molar refractivity (Wildman–Crippen MR) is 48.9 cm³/mol. The zero-order chi connectivity index (χ0) is 9.47. The fourth-order valence-corrected chi connectivity index (χ4v) is 3.49. The van der Waals surface area contributed by atoms with Gasteiger partial charge in [-0.3, -0.25) is 0 Å². The maximum absolute atomic E-state index is 11.8. The highest BCUT2D eigenvalue weighted by molar-refractivity contribution is 7.90. The van der Waals surface area contributed by atoms with Crippen LogP contribution in [-0.4, -0.2) is 43.8 Å². The molecule has 76 valence electrons. The molecule has 0 spiro atoms. The van der Waals surface area contributed by atoms with E-state index < -0.39 is 10.0 Å². The molecule has 0 aromatic rings. The van der Waals surface area contributed by atoms with E-state index in [0.29, 0.717) is 19.7 Å². The Morgan fingerprint density at radius 3 is 2.62 bits per heavy atom. The van der Waals surface area contributed by atoms with Gasteiger partial charge < -0.3 is 4.74 Å². The molecule has 0 aromatic heterocycles. The second kappa shape index (κ2) is 3.22. The highest BCUT2D eigenvalue weighted by Crippen LogP contribution is 2.31. The Labute approximate surface area is 78.9 Å². The van der Waals surface area contributed by atoms with Crippen molar-refractivity contribution in [1.82, 2.24) is 4.31 Å². The standard InChI is InChI=1S/C8H15NO3S/c1-7-6-9(4-5-12-7)13(10,11)8-2-3-8/h7-8H,2-6H2,1H3/t7-/m1/s1. The zero-order valence-electron chi connectivity index (χ0n) is 7.77. The van der Waals surface area contributed by atoms with Gasteiger partial charge in [-0.05, 0) is 19.8 Å². The first-order chi connectivity index (χ1) is 6.10. The molecule has 2 aliphatic rings. The molecule has 0 unspecified atom stereocenters. The van der Waals surface area contributed by atoms with Crippen molar-refractivity contribution < 1.29 is 13.2 Å². The topological polar surface area (TPSA) is 46.6 Å². The molecule has 0 bridgehead atoms. The monoisotopic (exact) mass is 205 g/mol. The highest BCUT2D eigenvalue weighted by Gasteiger charge is 2.41. The maximum atomic E-state index is 11.8. The molecule has 5 heteroatoms. The first-order valence-corrected chi connectivity index (χ1v) is 6.21. The van der Waals surface area contributed by atoms with Crippen molar-refractivity contribution >= 4 is 10.0 Å². The molecule has 1 saturated carbocycles. The van der Waals surface area contributed by atoms with E-state index in [4.69, 9.17) is 4.74 Å². The van der Waals surface area contributed by atoms with Gasteiger partial charge in [-0.2, -0.15) is 4.31 Å². The Morgan fingerprint density at radius 1 is 1.38 bits per heavy atom. The highest BCUT2D eigenvalue weighted by atomic mass is 32.2. The SMILES string of the molecule is C[C@@H]1CN(S(=O)(=O)C2CC2)CCO1. The van der Waals surface area contributed by atoms with E-state index in [2.05, 4.69) is 0 Å². The van der Waals surface area contributed by atoms with Gasteiger partial charge >= 0.3 is 0 Å². The van der Waals surface area contributed by atoms with Crippen molar-refractivity contribution in [2.24, 2.45) is 0 Å². The van der Waals surface area contributed by atoms with Crippen LogP contribution >= 0.6 is 0 Å². The maximum Gasteiger partial charge on any atom is 0.217 e. The molecular formula is C8H15NO3S. The van der Waals surface area contributed by atoms with E-state index in [9.17, 15) is 8.42 Å². The Morgan fingerprint density at radius 2 is 2.08 bits per heavy atom. The van der Waals surface area contributed by atoms with Gasteiger partial charge in [-0.1, -0.05) is 0 Å². The Hall–Kier alpha value is -0.130. The summed E-state index contributed by atoms with van der Waals surface area (Å²) in [4.78, 5) is 0. The second-order valence-electron chi connectivity index (χ2n) is 3.78. The predicted octanol–water partition coefficient (Wildman–Crippen LogP) is 0.199. The molecule has 2 rings (SSSR count). The number of ether oxygens (including phenoxy) is 1. The molecule has 0 radical (unpaired) electrons. The minimum atomic E-state index is -2.97. The van der Waals surface area contributed by atoms with Crippen LogP contribution in [0.3, 0.4) is 0 Å². The van der Waals surface area contributed by atoms with Crippen LogP contribution in [0.25, 0.3) is 0 Å². The van der Waals surface area contributed by atoms with Crippen LogP contribution in [0.2, 0.25) is 0 Å². The van der Waals surface area contributed by atoms with Crippen LogP contribution in [0.1, 0.15) is 19.8 Å². The summed E-state index contributed by atoms with van der Waals surface area (Å²) < 4.78 is 30.4. The largest absolute Gasteiger partial charge is 0.376 e. The summed E-state index contributed by atoms with van der Waals surface area (Å²) in [5, 5.41) is -0.0854. The third kappa shape index (κ3) is 1.87. The Bertz CT molecular complexity index is 284. The van der Waals surface area contributed by atoms with Gasteiger partial charge in [0.1, 0.15) is 0 Å². The minimum Gasteiger partial charge on any atom is -0.376 e. The van der Waals surface area contributed by atoms with Crippen LogP contribution < -0.4 is 0 Å². The van der Waals surface area contributed by atoms with Gasteiger partial charge in [-0.15, -0.1) is 0 Å². The van der Waals surface area contributed by atoms with Crippen LogP contribution in [0.4, 0.5) is 0 Å². The lowest BCUT2D eigenvalue weighted by Gasteiger charge is -2.30. The van der Waals surface area contributed by atoms with Crippen molar-refractivity contribution in [3.63, 3.8) is 0 Å². The van der Waals surface area contributed by atoms with Gasteiger partial charge in [0, 0.05) is 13.1 Å². The molecule has 1 aliphatic carbocycles. The summed E-state index contributed by atoms with van der Waals surface area (Å²) in [6.45, 7) is 3.50. The molecule has 13 heavy (non-hydrogen) atoms. The van der Waals surface area contributed by atoms with Crippen molar-refractivity contribution in [2.45, 2.75) is 31.1 Å². The number of rotatable bonds is 2. The molecule has 1 heterocycles. The van der Waals surface area contributed by atoms with Crippen molar-refractivity contribution in [3.8, 4) is 0 Å². The van der Waals surface area contributed by atoms with E-state index in [0.717, 1.165) is 12.8 Å². The van der Waals surface area contributed by atoms with E-state index in [-0.39, 0.29) is 11.4 Å². The minimum absolute atomic E-state index is 0.0438. The Balaban J connectivity index is 2.06. The Kier molecular flexibility index (Phi) is 2.33. The summed E-state index contributed by atoms with van der Waals surface area (Å²) >= 11 is 0. The average Bonchev–Trinajstić information content (AvgIpc) is 2.86. The molecule has 0 aromatic carbocycles. The first-order valence-electron chi connectivity index (χ1n) is 4.71. The molecule has 2 fully saturated rings. The lowest BCUT2D eigenvalue weighted by Crippen LogP contribution is -2.45. The van der Waals surface area contributed by atoms with Crippen LogP contribution in [0.15, 0.2) is 0 Å². The summed E-state index contributed by atoms with van der Waals surface area (Å²) in [5.41, 5.74) is 0. The average molecular weight is 205 g/mol. The van der Waals surface area contributed by atoms with Gasteiger partial charge in [-0.25, -0.2) is 8.42 Å². The summed E-state index contributed by atoms with van der Waals surface area (Å²) in [7, 11) is -2.97. The molecule has 1 saturated heterocycles. The fourth-order valence-electron chi connectivity index (χ4n) is 1.59. The van der Waals surface area contributed by atoms with Crippen LogP contribution in [0.5, 0.6) is 0 Å². The number of hydrogen-bond acceptors (Lipinski definition) is 3. The number of morpholine rings is 1. The summed E-state index contributed by atoms with van der Waals surface area (Å²) in [6, 6.07) is 0. The molecular weight excluding hydrogens is 190 g/mol. The van der Waals surface area contributed by atoms with Gasteiger partial charge in [0.05, 0.1) is 18.0 Å². The van der Waals surface area contributed by atoms with Gasteiger partial charge in [0.25, 0.3) is 0 Å². The quantitative estimate of drug-likeness (QED) is 0.647. The van der Waals surface area contributed by atoms with E-state index >= 15 is 0 Å². The second-order valence-corrected chi connectivity index (χ2v) is 6.00. The lowest BCUT2D eigenvalue weighted by molar-refractivity contribution is 0.0101. The van der Waals surface area contributed by atoms with E-state index in [1.807, 2.05) is 6.92 Å². The number of hydrogen-bond donors (Lipinski definition) is 0. The molecule has 0 amide bonds. The smallest absolute Gasteiger partial charge is 0.217 e. The number of sulfonamides is 1. The van der Waals surface area contributed by atoms with Gasteiger partial charge in [0.2, 0.25) is 10.0 Å².